The molecule has 1 amide bonds. The van der Waals surface area contributed by atoms with E-state index in [2.05, 4.69) is 0 Å². The molecule has 2 aliphatic rings. The summed E-state index contributed by atoms with van der Waals surface area (Å²) in [5.74, 6) is -0.522. The van der Waals surface area contributed by atoms with Crippen molar-refractivity contribution < 1.29 is 52.2 Å². The summed E-state index contributed by atoms with van der Waals surface area (Å²) in [5, 5.41) is 0. The first-order chi connectivity index (χ1) is 33.5. The molecule has 0 radical (unpaired) electrons. The number of benzene rings is 6. The van der Waals surface area contributed by atoms with Crippen LogP contribution in [0.15, 0.2) is 182 Å². The Labute approximate surface area is 398 Å². The van der Waals surface area contributed by atoms with Gasteiger partial charge >= 0.3 is 12.1 Å². The number of ether oxygens (including phenoxy) is 9. The third-order valence-electron chi connectivity index (χ3n) is 11.8. The minimum atomic E-state index is -1.17. The molecule has 6 aromatic rings. The number of hydrogen-bond donors (Lipinski definition) is 0. The Morgan fingerprint density at radius 1 is 0.485 bits per heavy atom. The van der Waals surface area contributed by atoms with Gasteiger partial charge in [0.05, 0.1) is 58.8 Å². The summed E-state index contributed by atoms with van der Waals surface area (Å²) >= 11 is 0. The zero-order valence-electron chi connectivity index (χ0n) is 38.2. The molecule has 354 valence electrons. The zero-order valence-corrected chi connectivity index (χ0v) is 38.2. The van der Waals surface area contributed by atoms with Gasteiger partial charge < -0.3 is 42.6 Å². The summed E-state index contributed by atoms with van der Waals surface area (Å²) in [6.07, 6.45) is -7.01. The van der Waals surface area contributed by atoms with Crippen LogP contribution in [0.4, 0.5) is 4.79 Å². The van der Waals surface area contributed by atoms with Crippen LogP contribution in [-0.4, -0.2) is 85.7 Å². The van der Waals surface area contributed by atoms with Crippen molar-refractivity contribution in [1.29, 1.82) is 0 Å². The summed E-state index contributed by atoms with van der Waals surface area (Å²) in [7, 11) is 0. The second-order valence-corrected chi connectivity index (χ2v) is 16.8. The van der Waals surface area contributed by atoms with Crippen molar-refractivity contribution in [3.63, 3.8) is 0 Å². The summed E-state index contributed by atoms with van der Waals surface area (Å²) in [6, 6.07) is 57.8. The van der Waals surface area contributed by atoms with E-state index in [0.29, 0.717) is 0 Å². The topological polar surface area (TPSA) is 120 Å². The molecule has 2 fully saturated rings. The third-order valence-corrected chi connectivity index (χ3v) is 11.8. The van der Waals surface area contributed by atoms with Crippen LogP contribution in [0.25, 0.3) is 0 Å². The van der Waals surface area contributed by atoms with Gasteiger partial charge in [0.2, 0.25) is 0 Å². The maximum Gasteiger partial charge on any atom is 0.410 e. The van der Waals surface area contributed by atoms with Crippen LogP contribution in [0.1, 0.15) is 40.3 Å². The maximum absolute atomic E-state index is 14.3. The molecule has 68 heavy (non-hydrogen) atoms. The number of carbonyl (C=O) groups is 2. The Morgan fingerprint density at radius 3 is 1.37 bits per heavy atom. The first-order valence-electron chi connectivity index (χ1n) is 23.1. The number of hydrogen-bond acceptors (Lipinski definition) is 11. The highest BCUT2D eigenvalue weighted by Crippen LogP contribution is 2.35. The summed E-state index contributed by atoms with van der Waals surface area (Å²) in [4.78, 5) is 29.0. The molecule has 0 saturated carbocycles. The predicted molar refractivity (Wildman–Crippen MR) is 253 cm³/mol. The smallest absolute Gasteiger partial charge is 0.410 e. The fourth-order valence-corrected chi connectivity index (χ4v) is 8.41. The molecule has 0 aliphatic carbocycles. The molecule has 8 atom stereocenters. The molecule has 2 aliphatic heterocycles. The zero-order chi connectivity index (χ0) is 46.8. The van der Waals surface area contributed by atoms with Gasteiger partial charge in [-0.2, -0.15) is 0 Å². The van der Waals surface area contributed by atoms with Crippen molar-refractivity contribution in [2.45, 2.75) is 95.5 Å². The van der Waals surface area contributed by atoms with Crippen LogP contribution < -0.4 is 0 Å². The van der Waals surface area contributed by atoms with Gasteiger partial charge in [-0.1, -0.05) is 182 Å². The van der Waals surface area contributed by atoms with Gasteiger partial charge in [-0.15, -0.1) is 0 Å². The number of esters is 1. The van der Waals surface area contributed by atoms with E-state index in [1.54, 1.807) is 4.90 Å². The van der Waals surface area contributed by atoms with Crippen molar-refractivity contribution in [1.82, 2.24) is 4.90 Å². The SMILES string of the molecule is CC(=O)O[C@@H]1[C@H](OCc2ccccc2)[C@@H](OCc2ccccc2)[C@@H](O[C@H]2[C@@H](OCc3ccccc3)CN(C(=O)OCc3ccccc3)[C@H]2COCc2ccccc2)O[C@@H]1COCc1ccccc1. The van der Waals surface area contributed by atoms with E-state index in [4.69, 9.17) is 42.6 Å². The third kappa shape index (κ3) is 13.9. The van der Waals surface area contributed by atoms with Gasteiger partial charge in [0.15, 0.2) is 12.4 Å². The van der Waals surface area contributed by atoms with Crippen LogP contribution >= 0.6 is 0 Å². The first kappa shape index (κ1) is 48.2. The lowest BCUT2D eigenvalue weighted by Gasteiger charge is -2.46. The molecule has 0 unspecified atom stereocenters. The van der Waals surface area contributed by atoms with Crippen molar-refractivity contribution in [3.8, 4) is 0 Å². The standard InChI is InChI=1S/C56H59NO11/c1-41(58)66-52-50(40-61-34-43-22-10-3-11-23-43)67-55(54(64-37-46-28-16-6-17-29-46)53(52)63-36-45-26-14-5-15-27-45)68-51-48(39-60-33-42-20-8-2-9-21-42)57(56(59)65-38-47-30-18-7-19-31-47)32-49(51)62-35-44-24-12-4-13-25-44/h2-31,48-55H,32-40H2,1H3/t48-,49-,50+,51+,52-,53-,54+,55+/m0/s1. The van der Waals surface area contributed by atoms with E-state index in [1.165, 1.54) is 6.92 Å². The van der Waals surface area contributed by atoms with E-state index in [0.717, 1.165) is 33.4 Å². The van der Waals surface area contributed by atoms with Crippen LogP contribution in [0.5, 0.6) is 0 Å². The van der Waals surface area contributed by atoms with Crippen LogP contribution in [0.3, 0.4) is 0 Å². The molecule has 0 bridgehead atoms. The van der Waals surface area contributed by atoms with Crippen molar-refractivity contribution in [2.24, 2.45) is 0 Å². The van der Waals surface area contributed by atoms with E-state index in [-0.39, 0.29) is 59.4 Å². The highest BCUT2D eigenvalue weighted by molar-refractivity contribution is 5.69. The van der Waals surface area contributed by atoms with E-state index in [9.17, 15) is 9.59 Å². The summed E-state index contributed by atoms with van der Waals surface area (Å²) < 4.78 is 59.5. The minimum absolute atomic E-state index is 0.0173. The highest BCUT2D eigenvalue weighted by Gasteiger charge is 2.54. The first-order valence-corrected chi connectivity index (χ1v) is 23.1. The molecule has 0 aromatic heterocycles. The van der Waals surface area contributed by atoms with Gasteiger partial charge in [0.1, 0.15) is 37.1 Å². The molecular weight excluding hydrogens is 863 g/mol. The number of carbonyl (C=O) groups excluding carboxylic acids is 2. The van der Waals surface area contributed by atoms with Crippen LogP contribution in [0, 0.1) is 0 Å². The van der Waals surface area contributed by atoms with Gasteiger partial charge in [-0.05, 0) is 33.4 Å². The molecular formula is C56H59NO11. The quantitative estimate of drug-likeness (QED) is 0.0607. The van der Waals surface area contributed by atoms with Crippen molar-refractivity contribution in [2.75, 3.05) is 19.8 Å². The Morgan fingerprint density at radius 2 is 0.897 bits per heavy atom. The molecule has 2 saturated heterocycles. The number of nitrogens with zero attached hydrogens (tertiary/aromatic N) is 1. The average molecular weight is 922 g/mol. The fourth-order valence-electron chi connectivity index (χ4n) is 8.41. The van der Waals surface area contributed by atoms with Gasteiger partial charge in [0.25, 0.3) is 0 Å². The predicted octanol–water partition coefficient (Wildman–Crippen LogP) is 9.24. The normalized spacial score (nSPS) is 22.4. The molecule has 2 heterocycles. The van der Waals surface area contributed by atoms with E-state index in [1.807, 2.05) is 182 Å². The van der Waals surface area contributed by atoms with Crippen LogP contribution in [-0.2, 0) is 87.1 Å². The Kier molecular flexibility index (Phi) is 17.9. The Bertz CT molecular complexity index is 2380. The Hall–Kier alpha value is -6.22. The van der Waals surface area contributed by atoms with Gasteiger partial charge in [0, 0.05) is 6.92 Å². The molecule has 6 aromatic carbocycles. The second kappa shape index (κ2) is 25.2. The van der Waals surface area contributed by atoms with Gasteiger partial charge in [-0.3, -0.25) is 9.69 Å². The molecule has 8 rings (SSSR count). The Balaban J connectivity index is 1.15. The van der Waals surface area contributed by atoms with Crippen LogP contribution in [0.2, 0.25) is 0 Å². The lowest BCUT2D eigenvalue weighted by Crippen LogP contribution is -2.63. The lowest BCUT2D eigenvalue weighted by molar-refractivity contribution is -0.336. The fraction of sp³-hybridized carbons (Fsp3) is 0.321. The lowest BCUT2D eigenvalue weighted by atomic mass is 9.97. The monoisotopic (exact) mass is 921 g/mol. The second-order valence-electron chi connectivity index (χ2n) is 16.8. The number of likely N-dealkylation sites (tertiary alicyclic amines) is 1. The van der Waals surface area contributed by atoms with Gasteiger partial charge in [-0.25, -0.2) is 4.79 Å². The van der Waals surface area contributed by atoms with E-state index < -0.39 is 61.0 Å². The minimum Gasteiger partial charge on any atom is -0.457 e. The molecule has 0 spiro atoms. The average Bonchev–Trinajstić information content (AvgIpc) is 3.72. The van der Waals surface area contributed by atoms with Crippen molar-refractivity contribution >= 4 is 12.1 Å². The summed E-state index contributed by atoms with van der Waals surface area (Å²) in [5.41, 5.74) is 5.52. The molecule has 12 nitrogen and oxygen atoms in total. The van der Waals surface area contributed by atoms with Crippen molar-refractivity contribution in [3.05, 3.63) is 215 Å². The molecule has 12 heteroatoms. The summed E-state index contributed by atoms with van der Waals surface area (Å²) in [6.45, 7) is 2.77. The highest BCUT2D eigenvalue weighted by atomic mass is 16.7. The van der Waals surface area contributed by atoms with E-state index >= 15 is 0 Å². The maximum atomic E-state index is 14.3. The number of rotatable bonds is 22. The molecule has 0 N–H and O–H groups in total. The number of amides is 1. The largest absolute Gasteiger partial charge is 0.457 e.